The van der Waals surface area contributed by atoms with Crippen LogP contribution in [-0.4, -0.2) is 35.1 Å². The van der Waals surface area contributed by atoms with Gasteiger partial charge in [-0.15, -0.1) is 0 Å². The third kappa shape index (κ3) is 5.75. The fourth-order valence-corrected chi connectivity index (χ4v) is 3.53. The summed E-state index contributed by atoms with van der Waals surface area (Å²) in [7, 11) is 0. The van der Waals surface area contributed by atoms with E-state index in [1.807, 2.05) is 63.2 Å². The number of hydrogen-bond donors (Lipinski definition) is 2. The Bertz CT molecular complexity index is 860. The lowest BCUT2D eigenvalue weighted by Crippen LogP contribution is -2.45. The Kier molecular flexibility index (Phi) is 6.65. The molecule has 2 aromatic carbocycles. The first-order valence-electron chi connectivity index (χ1n) is 10.4. The second-order valence-electron chi connectivity index (χ2n) is 8.68. The molecule has 3 rings (SSSR count). The summed E-state index contributed by atoms with van der Waals surface area (Å²) >= 11 is 0. The summed E-state index contributed by atoms with van der Waals surface area (Å²) in [6, 6.07) is 17.5. The number of carbonyl (C=O) groups excluding carboxylic acids is 2. The van der Waals surface area contributed by atoms with Crippen LogP contribution >= 0.6 is 0 Å². The van der Waals surface area contributed by atoms with Crippen molar-refractivity contribution in [3.63, 3.8) is 0 Å². The van der Waals surface area contributed by atoms with Crippen molar-refractivity contribution in [3.8, 4) is 0 Å². The Hall–Kier alpha value is -3.02. The highest BCUT2D eigenvalue weighted by Gasteiger charge is 2.36. The predicted molar refractivity (Wildman–Crippen MR) is 120 cm³/mol. The smallest absolute Gasteiger partial charge is 0.410 e. The van der Waals surface area contributed by atoms with Crippen LogP contribution in [0.2, 0.25) is 0 Å². The van der Waals surface area contributed by atoms with Gasteiger partial charge in [0.2, 0.25) is 5.91 Å². The number of hydrogen-bond acceptors (Lipinski definition) is 4. The van der Waals surface area contributed by atoms with E-state index in [4.69, 9.17) is 4.74 Å². The van der Waals surface area contributed by atoms with Crippen molar-refractivity contribution in [2.24, 2.45) is 0 Å². The molecular formula is C24H31N3O3. The monoisotopic (exact) mass is 409 g/mol. The summed E-state index contributed by atoms with van der Waals surface area (Å²) in [6.07, 6.45) is 0.992. The number of ether oxygens (including phenoxy) is 1. The quantitative estimate of drug-likeness (QED) is 0.712. The lowest BCUT2D eigenvalue weighted by atomic mass is 10.1. The highest BCUT2D eigenvalue weighted by molar-refractivity contribution is 5.97. The first kappa shape index (κ1) is 21.7. The minimum Gasteiger partial charge on any atom is -0.444 e. The zero-order valence-electron chi connectivity index (χ0n) is 18.1. The maximum Gasteiger partial charge on any atom is 0.410 e. The molecule has 2 unspecified atom stereocenters. The first-order chi connectivity index (χ1) is 14.2. The second-order valence-corrected chi connectivity index (χ2v) is 8.68. The summed E-state index contributed by atoms with van der Waals surface area (Å²) in [6.45, 7) is 8.11. The minimum absolute atomic E-state index is 0.174. The normalized spacial score (nSPS) is 17.3. The van der Waals surface area contributed by atoms with Gasteiger partial charge in [-0.3, -0.25) is 9.69 Å². The molecule has 1 aliphatic rings. The Labute approximate surface area is 178 Å². The Balaban J connectivity index is 1.58. The van der Waals surface area contributed by atoms with Crippen LogP contribution in [0.5, 0.6) is 0 Å². The third-order valence-corrected chi connectivity index (χ3v) is 5.02. The number of nitrogens with zero attached hydrogens (tertiary/aromatic N) is 1. The molecule has 0 aromatic heterocycles. The largest absolute Gasteiger partial charge is 0.444 e. The molecule has 0 radical (unpaired) electrons. The summed E-state index contributed by atoms with van der Waals surface area (Å²) < 4.78 is 5.44. The lowest BCUT2D eigenvalue weighted by molar-refractivity contribution is -0.120. The fraction of sp³-hybridized carbons (Fsp3) is 0.417. The van der Waals surface area contributed by atoms with Crippen LogP contribution in [0.15, 0.2) is 54.6 Å². The molecule has 30 heavy (non-hydrogen) atoms. The van der Waals surface area contributed by atoms with E-state index in [0.717, 1.165) is 12.1 Å². The Morgan fingerprint density at radius 3 is 2.30 bits per heavy atom. The van der Waals surface area contributed by atoms with E-state index >= 15 is 0 Å². The highest BCUT2D eigenvalue weighted by atomic mass is 16.6. The molecular weight excluding hydrogens is 378 g/mol. The molecule has 1 heterocycles. The van der Waals surface area contributed by atoms with Gasteiger partial charge < -0.3 is 15.4 Å². The van der Waals surface area contributed by atoms with Crippen LogP contribution in [0.25, 0.3) is 0 Å². The standard InChI is InChI=1S/C24H31N3O3/c1-17(18-9-6-5-7-10-18)25-19-12-14-20(15-13-19)26-22(28)21-11-8-16-27(21)23(29)30-24(2,3)4/h5-7,9-10,12-15,17,21,25H,8,11,16H2,1-4H3,(H,26,28). The van der Waals surface area contributed by atoms with Crippen molar-refractivity contribution in [2.45, 2.75) is 58.2 Å². The van der Waals surface area contributed by atoms with E-state index in [1.165, 1.54) is 10.5 Å². The Morgan fingerprint density at radius 2 is 1.67 bits per heavy atom. The van der Waals surface area contributed by atoms with E-state index in [0.29, 0.717) is 18.7 Å². The molecule has 6 heteroatoms. The molecule has 160 valence electrons. The van der Waals surface area contributed by atoms with Crippen LogP contribution in [0, 0.1) is 0 Å². The molecule has 0 aliphatic carbocycles. The van der Waals surface area contributed by atoms with Crippen molar-refractivity contribution in [1.82, 2.24) is 4.90 Å². The van der Waals surface area contributed by atoms with Crippen molar-refractivity contribution in [2.75, 3.05) is 17.2 Å². The van der Waals surface area contributed by atoms with Crippen LogP contribution < -0.4 is 10.6 Å². The van der Waals surface area contributed by atoms with E-state index in [-0.39, 0.29) is 11.9 Å². The van der Waals surface area contributed by atoms with Crippen molar-refractivity contribution >= 4 is 23.4 Å². The van der Waals surface area contributed by atoms with Crippen LogP contribution in [0.3, 0.4) is 0 Å². The fourth-order valence-electron chi connectivity index (χ4n) is 3.53. The maximum atomic E-state index is 12.8. The van der Waals surface area contributed by atoms with Crippen molar-refractivity contribution < 1.29 is 14.3 Å². The average molecular weight is 410 g/mol. The zero-order chi connectivity index (χ0) is 21.7. The van der Waals surface area contributed by atoms with Gasteiger partial charge in [0.15, 0.2) is 0 Å². The van der Waals surface area contributed by atoms with Gasteiger partial charge in [0.1, 0.15) is 11.6 Å². The van der Waals surface area contributed by atoms with E-state index in [2.05, 4.69) is 29.7 Å². The van der Waals surface area contributed by atoms with Crippen LogP contribution in [0.1, 0.15) is 52.1 Å². The van der Waals surface area contributed by atoms with Gasteiger partial charge in [0.05, 0.1) is 0 Å². The number of likely N-dealkylation sites (tertiary alicyclic amines) is 1. The molecule has 0 spiro atoms. The van der Waals surface area contributed by atoms with Gasteiger partial charge in [-0.1, -0.05) is 30.3 Å². The topological polar surface area (TPSA) is 70.7 Å². The molecule has 2 N–H and O–H groups in total. The molecule has 2 amide bonds. The second kappa shape index (κ2) is 9.20. The molecule has 2 atom stereocenters. The van der Waals surface area contributed by atoms with E-state index in [9.17, 15) is 9.59 Å². The predicted octanol–water partition coefficient (Wildman–Crippen LogP) is 5.20. The van der Waals surface area contributed by atoms with Crippen LogP contribution in [0.4, 0.5) is 16.2 Å². The van der Waals surface area contributed by atoms with Gasteiger partial charge >= 0.3 is 6.09 Å². The van der Waals surface area contributed by atoms with Gasteiger partial charge in [-0.2, -0.15) is 0 Å². The summed E-state index contributed by atoms with van der Waals surface area (Å²) in [5.74, 6) is -0.184. The van der Waals surface area contributed by atoms with Crippen LogP contribution in [-0.2, 0) is 9.53 Å². The Morgan fingerprint density at radius 1 is 1.03 bits per heavy atom. The summed E-state index contributed by atoms with van der Waals surface area (Å²) in [5.41, 5.74) is 2.30. The van der Waals surface area contributed by atoms with E-state index in [1.54, 1.807) is 0 Å². The SMILES string of the molecule is CC(Nc1ccc(NC(=O)C2CCCN2C(=O)OC(C)(C)C)cc1)c1ccccc1. The van der Waals surface area contributed by atoms with E-state index < -0.39 is 17.7 Å². The molecule has 6 nitrogen and oxygen atoms in total. The number of anilines is 2. The summed E-state index contributed by atoms with van der Waals surface area (Å²) in [4.78, 5) is 26.7. The van der Waals surface area contributed by atoms with Gasteiger partial charge in [0, 0.05) is 24.0 Å². The maximum absolute atomic E-state index is 12.8. The number of nitrogens with one attached hydrogen (secondary N) is 2. The van der Waals surface area contributed by atoms with Gasteiger partial charge in [0.25, 0.3) is 0 Å². The molecule has 1 aliphatic heterocycles. The molecule has 0 saturated carbocycles. The molecule has 1 saturated heterocycles. The average Bonchev–Trinajstić information content (AvgIpc) is 3.19. The zero-order valence-corrected chi connectivity index (χ0v) is 18.1. The third-order valence-electron chi connectivity index (χ3n) is 5.02. The number of rotatable bonds is 5. The highest BCUT2D eigenvalue weighted by Crippen LogP contribution is 2.24. The number of carbonyl (C=O) groups is 2. The lowest BCUT2D eigenvalue weighted by Gasteiger charge is -2.28. The number of benzene rings is 2. The molecule has 2 aromatic rings. The minimum atomic E-state index is -0.583. The first-order valence-corrected chi connectivity index (χ1v) is 10.4. The summed E-state index contributed by atoms with van der Waals surface area (Å²) in [5, 5.41) is 6.38. The molecule has 1 fully saturated rings. The molecule has 0 bridgehead atoms. The van der Waals surface area contributed by atoms with Gasteiger partial charge in [-0.05, 0) is 70.4 Å². The van der Waals surface area contributed by atoms with Crippen molar-refractivity contribution in [1.29, 1.82) is 0 Å². The van der Waals surface area contributed by atoms with Gasteiger partial charge in [-0.25, -0.2) is 4.79 Å². The van der Waals surface area contributed by atoms with Crippen molar-refractivity contribution in [3.05, 3.63) is 60.2 Å². The number of amides is 2.